The van der Waals surface area contributed by atoms with Crippen molar-refractivity contribution in [2.75, 3.05) is 13.1 Å². The van der Waals surface area contributed by atoms with Crippen LogP contribution in [0, 0.1) is 12.8 Å². The maximum atomic E-state index is 13.3. The average Bonchev–Trinajstić information content (AvgIpc) is 3.51. The topological polar surface area (TPSA) is 66.7 Å². The van der Waals surface area contributed by atoms with Crippen molar-refractivity contribution in [3.8, 4) is 0 Å². The standard InChI is InChI=1S/C25H26ClN3O3/c1-14-4-9-22-21(27-14)11-23(32-22)25(31)29-13-19-10-20(29)12-28(19)24(30)16(3)15(2)17-5-7-18(26)8-6-17/h4-9,11,15-16,19-20H,10,12-13H2,1-3H3/t15?,16?,19-,20-/m0/s1. The van der Waals surface area contributed by atoms with E-state index in [1.807, 2.05) is 60.0 Å². The Balaban J connectivity index is 1.26. The summed E-state index contributed by atoms with van der Waals surface area (Å²) in [5.41, 5.74) is 3.29. The van der Waals surface area contributed by atoms with Gasteiger partial charge in [0.1, 0.15) is 5.52 Å². The van der Waals surface area contributed by atoms with Gasteiger partial charge in [0, 0.05) is 35.8 Å². The molecule has 4 atom stereocenters. The number of aromatic nitrogens is 1. The minimum atomic E-state index is -0.149. The van der Waals surface area contributed by atoms with Gasteiger partial charge in [0.2, 0.25) is 5.91 Å². The van der Waals surface area contributed by atoms with Gasteiger partial charge in [-0.05, 0) is 49.1 Å². The molecule has 2 unspecified atom stereocenters. The zero-order valence-corrected chi connectivity index (χ0v) is 19.2. The Hall–Kier alpha value is -2.86. The summed E-state index contributed by atoms with van der Waals surface area (Å²) >= 11 is 6.00. The van der Waals surface area contributed by atoms with Crippen molar-refractivity contribution in [3.05, 3.63) is 64.5 Å². The van der Waals surface area contributed by atoms with Gasteiger partial charge in [-0.25, -0.2) is 4.98 Å². The number of furan rings is 1. The molecule has 0 spiro atoms. The van der Waals surface area contributed by atoms with E-state index in [9.17, 15) is 9.59 Å². The first-order valence-corrected chi connectivity index (χ1v) is 11.4. The van der Waals surface area contributed by atoms with Crippen LogP contribution in [0.5, 0.6) is 0 Å². The molecule has 2 bridgehead atoms. The number of benzene rings is 1. The van der Waals surface area contributed by atoms with Crippen LogP contribution in [-0.4, -0.2) is 51.8 Å². The maximum absolute atomic E-state index is 13.3. The van der Waals surface area contributed by atoms with Crippen LogP contribution in [0.2, 0.25) is 5.02 Å². The Morgan fingerprint density at radius 3 is 2.44 bits per heavy atom. The molecule has 0 N–H and O–H groups in total. The van der Waals surface area contributed by atoms with Gasteiger partial charge < -0.3 is 14.2 Å². The predicted octanol–water partition coefficient (Wildman–Crippen LogP) is 4.65. The van der Waals surface area contributed by atoms with Gasteiger partial charge >= 0.3 is 0 Å². The van der Waals surface area contributed by atoms with Gasteiger partial charge in [0.25, 0.3) is 5.91 Å². The number of halogens is 1. The minimum Gasteiger partial charge on any atom is -0.449 e. The summed E-state index contributed by atoms with van der Waals surface area (Å²) in [6.45, 7) is 7.09. The Morgan fingerprint density at radius 2 is 1.75 bits per heavy atom. The molecule has 1 aromatic carbocycles. The SMILES string of the molecule is Cc1ccc2oc(C(=O)N3C[C@@H]4C[C@H]3CN4C(=O)C(C)C(C)c3ccc(Cl)cc3)cc2n1. The number of piperazine rings is 1. The van der Waals surface area contributed by atoms with Crippen LogP contribution in [-0.2, 0) is 4.79 Å². The molecular weight excluding hydrogens is 426 g/mol. The van der Waals surface area contributed by atoms with E-state index in [2.05, 4.69) is 11.9 Å². The highest BCUT2D eigenvalue weighted by atomic mass is 35.5. The summed E-state index contributed by atoms with van der Waals surface area (Å²) in [6, 6.07) is 13.2. The molecule has 6 nitrogen and oxygen atoms in total. The molecule has 0 radical (unpaired) electrons. The third kappa shape index (κ3) is 3.56. The molecule has 166 valence electrons. The van der Waals surface area contributed by atoms with Crippen molar-refractivity contribution in [2.24, 2.45) is 5.92 Å². The number of rotatable bonds is 4. The number of fused-ring (bicyclic) bond motifs is 3. The monoisotopic (exact) mass is 451 g/mol. The van der Waals surface area contributed by atoms with Crippen molar-refractivity contribution in [1.82, 2.24) is 14.8 Å². The van der Waals surface area contributed by atoms with Crippen LogP contribution < -0.4 is 0 Å². The van der Waals surface area contributed by atoms with Crippen LogP contribution in [0.1, 0.15) is 48.0 Å². The normalized spacial score (nSPS) is 21.9. The minimum absolute atomic E-state index is 0.0254. The maximum Gasteiger partial charge on any atom is 0.290 e. The van der Waals surface area contributed by atoms with Crippen LogP contribution in [0.3, 0.4) is 0 Å². The summed E-state index contributed by atoms with van der Waals surface area (Å²) in [5.74, 6) is 0.277. The smallest absolute Gasteiger partial charge is 0.290 e. The van der Waals surface area contributed by atoms with Crippen LogP contribution in [0.4, 0.5) is 0 Å². The molecule has 2 aromatic heterocycles. The molecule has 2 saturated heterocycles. The Bertz CT molecular complexity index is 1190. The zero-order chi connectivity index (χ0) is 22.6. The Labute approximate surface area is 192 Å². The van der Waals surface area contributed by atoms with E-state index in [-0.39, 0.29) is 35.7 Å². The summed E-state index contributed by atoms with van der Waals surface area (Å²) in [5, 5.41) is 0.692. The molecular formula is C25H26ClN3O3. The first-order chi connectivity index (χ1) is 15.3. The van der Waals surface area contributed by atoms with E-state index in [1.54, 1.807) is 6.07 Å². The highest BCUT2D eigenvalue weighted by Gasteiger charge is 2.48. The number of hydrogen-bond acceptors (Lipinski definition) is 4. The first-order valence-electron chi connectivity index (χ1n) is 11.1. The predicted molar refractivity (Wildman–Crippen MR) is 123 cm³/mol. The lowest BCUT2D eigenvalue weighted by molar-refractivity contribution is -0.137. The molecule has 3 aromatic rings. The molecule has 2 aliphatic heterocycles. The fourth-order valence-corrected chi connectivity index (χ4v) is 5.11. The number of aryl methyl sites for hydroxylation is 1. The Morgan fingerprint density at radius 1 is 1.06 bits per heavy atom. The van der Waals surface area contributed by atoms with Crippen LogP contribution >= 0.6 is 11.6 Å². The lowest BCUT2D eigenvalue weighted by Gasteiger charge is -2.36. The van der Waals surface area contributed by atoms with E-state index in [0.29, 0.717) is 35.0 Å². The molecule has 2 fully saturated rings. The highest BCUT2D eigenvalue weighted by molar-refractivity contribution is 6.30. The highest BCUT2D eigenvalue weighted by Crippen LogP contribution is 2.36. The quantitative estimate of drug-likeness (QED) is 0.578. The van der Waals surface area contributed by atoms with Gasteiger partial charge in [0.05, 0.1) is 12.1 Å². The fourth-order valence-electron chi connectivity index (χ4n) is 4.99. The van der Waals surface area contributed by atoms with Crippen molar-refractivity contribution in [2.45, 2.75) is 45.2 Å². The lowest BCUT2D eigenvalue weighted by Crippen LogP contribution is -2.52. The van der Waals surface area contributed by atoms with Gasteiger partial charge in [-0.3, -0.25) is 9.59 Å². The Kier molecular flexibility index (Phi) is 5.20. The number of nitrogens with zero attached hydrogens (tertiary/aromatic N) is 3. The second kappa shape index (κ2) is 7.93. The molecule has 2 aliphatic rings. The van der Waals surface area contributed by atoms with Crippen molar-refractivity contribution in [3.63, 3.8) is 0 Å². The lowest BCUT2D eigenvalue weighted by atomic mass is 9.88. The summed E-state index contributed by atoms with van der Waals surface area (Å²) < 4.78 is 5.76. The third-order valence-electron chi connectivity index (χ3n) is 7.04. The van der Waals surface area contributed by atoms with Crippen LogP contribution in [0.25, 0.3) is 11.1 Å². The molecule has 0 saturated carbocycles. The van der Waals surface area contributed by atoms with E-state index < -0.39 is 0 Å². The zero-order valence-electron chi connectivity index (χ0n) is 18.4. The molecule has 7 heteroatoms. The molecule has 4 heterocycles. The number of carbonyl (C=O) groups is 2. The van der Waals surface area contributed by atoms with E-state index in [0.717, 1.165) is 17.7 Å². The van der Waals surface area contributed by atoms with E-state index >= 15 is 0 Å². The van der Waals surface area contributed by atoms with Crippen molar-refractivity contribution < 1.29 is 14.0 Å². The second-order valence-corrected chi connectivity index (χ2v) is 9.50. The molecule has 32 heavy (non-hydrogen) atoms. The van der Waals surface area contributed by atoms with Crippen LogP contribution in [0.15, 0.2) is 46.9 Å². The number of amides is 2. The molecule has 0 aliphatic carbocycles. The van der Waals surface area contributed by atoms with Crippen molar-refractivity contribution >= 4 is 34.5 Å². The number of pyridine rings is 1. The average molecular weight is 452 g/mol. The first kappa shape index (κ1) is 21.0. The largest absolute Gasteiger partial charge is 0.449 e. The molecule has 5 rings (SSSR count). The number of likely N-dealkylation sites (tertiary alicyclic amines) is 2. The van der Waals surface area contributed by atoms with E-state index in [4.69, 9.17) is 16.0 Å². The van der Waals surface area contributed by atoms with Crippen molar-refractivity contribution in [1.29, 1.82) is 0 Å². The molecule has 2 amide bonds. The third-order valence-corrected chi connectivity index (χ3v) is 7.30. The number of hydrogen-bond donors (Lipinski definition) is 0. The van der Waals surface area contributed by atoms with Gasteiger partial charge in [-0.15, -0.1) is 0 Å². The summed E-state index contributed by atoms with van der Waals surface area (Å²) in [4.78, 5) is 34.6. The van der Waals surface area contributed by atoms with Gasteiger partial charge in [-0.2, -0.15) is 0 Å². The van der Waals surface area contributed by atoms with Gasteiger partial charge in [0.15, 0.2) is 11.3 Å². The number of carbonyl (C=O) groups excluding carboxylic acids is 2. The second-order valence-electron chi connectivity index (χ2n) is 9.07. The fraction of sp³-hybridized carbons (Fsp3) is 0.400. The summed E-state index contributed by atoms with van der Waals surface area (Å²) in [6.07, 6.45) is 0.817. The van der Waals surface area contributed by atoms with Gasteiger partial charge in [-0.1, -0.05) is 37.6 Å². The van der Waals surface area contributed by atoms with E-state index in [1.165, 1.54) is 0 Å². The summed E-state index contributed by atoms with van der Waals surface area (Å²) in [7, 11) is 0.